The summed E-state index contributed by atoms with van der Waals surface area (Å²) in [5.41, 5.74) is 1.28. The van der Waals surface area contributed by atoms with Gasteiger partial charge in [0.25, 0.3) is 0 Å². The SMILES string of the molecule is COc1ccccc1O[C@@H](C)CN[C@H](C)c1ccccc1. The van der Waals surface area contributed by atoms with Gasteiger partial charge in [-0.25, -0.2) is 0 Å². The average Bonchev–Trinajstić information content (AvgIpc) is 2.54. The van der Waals surface area contributed by atoms with E-state index >= 15 is 0 Å². The van der Waals surface area contributed by atoms with E-state index in [-0.39, 0.29) is 6.10 Å². The maximum Gasteiger partial charge on any atom is 0.161 e. The molecular formula is C18H23NO2. The van der Waals surface area contributed by atoms with Gasteiger partial charge < -0.3 is 14.8 Å². The van der Waals surface area contributed by atoms with Crippen LogP contribution in [0.4, 0.5) is 0 Å². The highest BCUT2D eigenvalue weighted by Gasteiger charge is 2.10. The van der Waals surface area contributed by atoms with Gasteiger partial charge >= 0.3 is 0 Å². The Morgan fingerprint density at radius 1 is 0.905 bits per heavy atom. The zero-order valence-corrected chi connectivity index (χ0v) is 12.9. The standard InChI is InChI=1S/C18H23NO2/c1-14(21-18-12-8-7-11-17(18)20-3)13-19-15(2)16-9-5-4-6-10-16/h4-12,14-15,19H,13H2,1-3H3/t14-,15+/m0/s1. The molecule has 112 valence electrons. The molecule has 3 nitrogen and oxygen atoms in total. The molecule has 1 N–H and O–H groups in total. The fraction of sp³-hybridized carbons (Fsp3) is 0.333. The largest absolute Gasteiger partial charge is 0.493 e. The van der Waals surface area contributed by atoms with Crippen molar-refractivity contribution in [3.63, 3.8) is 0 Å². The number of hydrogen-bond acceptors (Lipinski definition) is 3. The van der Waals surface area contributed by atoms with Crippen LogP contribution in [0.3, 0.4) is 0 Å². The first-order valence-corrected chi connectivity index (χ1v) is 7.28. The predicted molar refractivity (Wildman–Crippen MR) is 85.9 cm³/mol. The minimum Gasteiger partial charge on any atom is -0.493 e. The van der Waals surface area contributed by atoms with Gasteiger partial charge in [-0.05, 0) is 31.5 Å². The van der Waals surface area contributed by atoms with Gasteiger partial charge in [0.2, 0.25) is 0 Å². The van der Waals surface area contributed by atoms with Crippen LogP contribution in [0.5, 0.6) is 11.5 Å². The smallest absolute Gasteiger partial charge is 0.161 e. The van der Waals surface area contributed by atoms with Gasteiger partial charge in [0.1, 0.15) is 6.10 Å². The molecule has 0 fully saturated rings. The first-order valence-electron chi connectivity index (χ1n) is 7.28. The summed E-state index contributed by atoms with van der Waals surface area (Å²) in [4.78, 5) is 0. The van der Waals surface area contributed by atoms with E-state index in [0.29, 0.717) is 6.04 Å². The Hall–Kier alpha value is -2.00. The van der Waals surface area contributed by atoms with E-state index in [2.05, 4.69) is 43.4 Å². The molecule has 2 atom stereocenters. The quantitative estimate of drug-likeness (QED) is 0.839. The molecule has 2 aromatic rings. The lowest BCUT2D eigenvalue weighted by Crippen LogP contribution is -2.31. The average molecular weight is 285 g/mol. The summed E-state index contributed by atoms with van der Waals surface area (Å²) in [6.45, 7) is 4.98. The lowest BCUT2D eigenvalue weighted by molar-refractivity contribution is 0.203. The van der Waals surface area contributed by atoms with E-state index in [1.807, 2.05) is 30.3 Å². The number of benzene rings is 2. The van der Waals surface area contributed by atoms with Crippen LogP contribution in [-0.2, 0) is 0 Å². The maximum absolute atomic E-state index is 5.94. The molecule has 0 radical (unpaired) electrons. The molecule has 2 aromatic carbocycles. The zero-order chi connectivity index (χ0) is 15.1. The molecule has 0 saturated carbocycles. The second-order valence-corrected chi connectivity index (χ2v) is 5.12. The summed E-state index contributed by atoms with van der Waals surface area (Å²) in [5, 5.41) is 3.49. The Morgan fingerprint density at radius 2 is 1.52 bits per heavy atom. The molecule has 0 aliphatic rings. The molecule has 0 amide bonds. The number of nitrogens with one attached hydrogen (secondary N) is 1. The van der Waals surface area contributed by atoms with Crippen LogP contribution in [0.2, 0.25) is 0 Å². The van der Waals surface area contributed by atoms with Crippen LogP contribution in [0.15, 0.2) is 54.6 Å². The van der Waals surface area contributed by atoms with Crippen LogP contribution in [0.1, 0.15) is 25.5 Å². The molecule has 2 rings (SSSR count). The second-order valence-electron chi connectivity index (χ2n) is 5.12. The lowest BCUT2D eigenvalue weighted by atomic mass is 10.1. The van der Waals surface area contributed by atoms with Gasteiger partial charge in [0.05, 0.1) is 7.11 Å². The number of para-hydroxylation sites is 2. The fourth-order valence-corrected chi connectivity index (χ4v) is 2.18. The molecular weight excluding hydrogens is 262 g/mol. The van der Waals surface area contributed by atoms with Gasteiger partial charge in [-0.1, -0.05) is 42.5 Å². The lowest BCUT2D eigenvalue weighted by Gasteiger charge is -2.20. The van der Waals surface area contributed by atoms with E-state index in [4.69, 9.17) is 9.47 Å². The highest BCUT2D eigenvalue weighted by Crippen LogP contribution is 2.26. The zero-order valence-electron chi connectivity index (χ0n) is 12.9. The van der Waals surface area contributed by atoms with E-state index < -0.39 is 0 Å². The topological polar surface area (TPSA) is 30.5 Å². The number of methoxy groups -OCH3 is 1. The maximum atomic E-state index is 5.94. The first-order chi connectivity index (χ1) is 10.2. The Morgan fingerprint density at radius 3 is 2.19 bits per heavy atom. The minimum atomic E-state index is 0.0625. The Kier molecular flexibility index (Phi) is 5.64. The molecule has 0 aliphatic heterocycles. The molecule has 0 unspecified atom stereocenters. The number of ether oxygens (including phenoxy) is 2. The third-order valence-electron chi connectivity index (χ3n) is 3.41. The van der Waals surface area contributed by atoms with Crippen molar-refractivity contribution >= 4 is 0 Å². The Labute approximate surface area is 126 Å². The highest BCUT2D eigenvalue weighted by atomic mass is 16.5. The molecule has 3 heteroatoms. The van der Waals surface area contributed by atoms with Crippen molar-refractivity contribution in [3.8, 4) is 11.5 Å². The second kappa shape index (κ2) is 7.70. The van der Waals surface area contributed by atoms with Crippen molar-refractivity contribution in [1.29, 1.82) is 0 Å². The van der Waals surface area contributed by atoms with Crippen molar-refractivity contribution in [2.45, 2.75) is 26.0 Å². The van der Waals surface area contributed by atoms with E-state index in [9.17, 15) is 0 Å². The summed E-state index contributed by atoms with van der Waals surface area (Å²) in [6.07, 6.45) is 0.0625. The van der Waals surface area contributed by atoms with Crippen LogP contribution < -0.4 is 14.8 Å². The molecule has 0 heterocycles. The molecule has 0 aliphatic carbocycles. The van der Waals surface area contributed by atoms with Gasteiger partial charge in [0, 0.05) is 12.6 Å². The third kappa shape index (κ3) is 4.50. The monoisotopic (exact) mass is 285 g/mol. The molecule has 0 spiro atoms. The van der Waals surface area contributed by atoms with Gasteiger partial charge in [0.15, 0.2) is 11.5 Å². The predicted octanol–water partition coefficient (Wildman–Crippen LogP) is 3.81. The number of hydrogen-bond donors (Lipinski definition) is 1. The van der Waals surface area contributed by atoms with Crippen molar-refractivity contribution < 1.29 is 9.47 Å². The van der Waals surface area contributed by atoms with Crippen molar-refractivity contribution in [3.05, 3.63) is 60.2 Å². The third-order valence-corrected chi connectivity index (χ3v) is 3.41. The van der Waals surface area contributed by atoms with Crippen molar-refractivity contribution in [2.24, 2.45) is 0 Å². The van der Waals surface area contributed by atoms with Gasteiger partial charge in [-0.2, -0.15) is 0 Å². The van der Waals surface area contributed by atoms with E-state index in [0.717, 1.165) is 18.0 Å². The first kappa shape index (κ1) is 15.4. The summed E-state index contributed by atoms with van der Waals surface area (Å²) in [6, 6.07) is 18.4. The molecule has 0 saturated heterocycles. The van der Waals surface area contributed by atoms with Crippen LogP contribution in [-0.4, -0.2) is 19.8 Å². The van der Waals surface area contributed by atoms with E-state index in [1.165, 1.54) is 5.56 Å². The summed E-state index contributed by atoms with van der Waals surface area (Å²) in [5.74, 6) is 1.54. The summed E-state index contributed by atoms with van der Waals surface area (Å²) >= 11 is 0. The van der Waals surface area contributed by atoms with Crippen LogP contribution in [0, 0.1) is 0 Å². The summed E-state index contributed by atoms with van der Waals surface area (Å²) < 4.78 is 11.2. The molecule has 0 aromatic heterocycles. The van der Waals surface area contributed by atoms with Crippen LogP contribution in [0.25, 0.3) is 0 Å². The van der Waals surface area contributed by atoms with Crippen molar-refractivity contribution in [2.75, 3.05) is 13.7 Å². The fourth-order valence-electron chi connectivity index (χ4n) is 2.18. The Balaban J connectivity index is 1.86. The Bertz CT molecular complexity index is 542. The highest BCUT2D eigenvalue weighted by molar-refractivity contribution is 5.39. The van der Waals surface area contributed by atoms with E-state index in [1.54, 1.807) is 7.11 Å². The minimum absolute atomic E-state index is 0.0625. The number of rotatable bonds is 7. The van der Waals surface area contributed by atoms with Crippen LogP contribution >= 0.6 is 0 Å². The normalized spacial score (nSPS) is 13.5. The molecule has 21 heavy (non-hydrogen) atoms. The van der Waals surface area contributed by atoms with Gasteiger partial charge in [-0.3, -0.25) is 0 Å². The van der Waals surface area contributed by atoms with Gasteiger partial charge in [-0.15, -0.1) is 0 Å². The molecule has 0 bridgehead atoms. The summed E-state index contributed by atoms with van der Waals surface area (Å²) in [7, 11) is 1.66. The van der Waals surface area contributed by atoms with Crippen molar-refractivity contribution in [1.82, 2.24) is 5.32 Å².